The number of ether oxygens (including phenoxy) is 1. The van der Waals surface area contributed by atoms with Gasteiger partial charge in [0.2, 0.25) is 10.0 Å². The van der Waals surface area contributed by atoms with E-state index in [2.05, 4.69) is 4.72 Å². The van der Waals surface area contributed by atoms with Gasteiger partial charge < -0.3 is 4.74 Å². The van der Waals surface area contributed by atoms with Gasteiger partial charge in [-0.3, -0.25) is 0 Å². The summed E-state index contributed by atoms with van der Waals surface area (Å²) >= 11 is 0. The van der Waals surface area contributed by atoms with Crippen molar-refractivity contribution >= 4 is 16.1 Å². The molecule has 0 spiro atoms. The van der Waals surface area contributed by atoms with Crippen molar-refractivity contribution in [3.63, 3.8) is 0 Å². The Labute approximate surface area is 125 Å². The van der Waals surface area contributed by atoms with Crippen LogP contribution in [0.3, 0.4) is 0 Å². The van der Waals surface area contributed by atoms with Crippen molar-refractivity contribution in [1.29, 1.82) is 0 Å². The molecule has 0 saturated carbocycles. The van der Waals surface area contributed by atoms with Crippen molar-refractivity contribution in [2.75, 3.05) is 7.11 Å². The number of hydrogen-bond acceptors (Lipinski definition) is 3. The molecule has 0 aliphatic rings. The van der Waals surface area contributed by atoms with Crippen molar-refractivity contribution in [2.45, 2.75) is 6.54 Å². The first-order valence-corrected chi connectivity index (χ1v) is 7.99. The van der Waals surface area contributed by atoms with E-state index in [-0.39, 0.29) is 6.54 Å². The normalized spacial score (nSPS) is 11.7. The second kappa shape index (κ2) is 7.06. The highest BCUT2D eigenvalue weighted by Gasteiger charge is 2.05. The molecule has 2 aromatic carbocycles. The summed E-state index contributed by atoms with van der Waals surface area (Å²) in [4.78, 5) is 0. The van der Waals surface area contributed by atoms with Crippen LogP contribution in [0.5, 0.6) is 5.75 Å². The van der Waals surface area contributed by atoms with E-state index >= 15 is 0 Å². The molecule has 0 aromatic heterocycles. The first-order chi connectivity index (χ1) is 10.1. The second-order valence-corrected chi connectivity index (χ2v) is 6.08. The zero-order valence-electron chi connectivity index (χ0n) is 11.7. The van der Waals surface area contributed by atoms with Crippen LogP contribution in [-0.2, 0) is 16.6 Å². The lowest BCUT2D eigenvalue weighted by molar-refractivity contribution is 0.414. The van der Waals surface area contributed by atoms with E-state index in [0.717, 1.165) is 16.9 Å². The third-order valence-corrected chi connectivity index (χ3v) is 3.92. The van der Waals surface area contributed by atoms with Gasteiger partial charge in [0.25, 0.3) is 0 Å². The Kier molecular flexibility index (Phi) is 5.14. The standard InChI is InChI=1S/C16H17NO3S/c1-20-16-9-7-15(8-10-16)13-17-21(18,19)12-11-14-5-3-2-4-6-14/h2-12,17H,13H2,1H3/b12-11-. The van der Waals surface area contributed by atoms with Crippen molar-refractivity contribution in [3.05, 3.63) is 71.1 Å². The van der Waals surface area contributed by atoms with Gasteiger partial charge in [0.15, 0.2) is 0 Å². The van der Waals surface area contributed by atoms with E-state index < -0.39 is 10.0 Å². The van der Waals surface area contributed by atoms with E-state index in [1.54, 1.807) is 25.3 Å². The van der Waals surface area contributed by atoms with E-state index in [4.69, 9.17) is 4.74 Å². The van der Waals surface area contributed by atoms with Crippen molar-refractivity contribution in [1.82, 2.24) is 4.72 Å². The fourth-order valence-electron chi connectivity index (χ4n) is 1.71. The van der Waals surface area contributed by atoms with Crippen LogP contribution in [0.25, 0.3) is 6.08 Å². The molecule has 4 nitrogen and oxygen atoms in total. The third-order valence-electron chi connectivity index (χ3n) is 2.88. The second-order valence-electron chi connectivity index (χ2n) is 4.43. The summed E-state index contributed by atoms with van der Waals surface area (Å²) in [5.41, 5.74) is 1.71. The number of benzene rings is 2. The first kappa shape index (κ1) is 15.3. The molecule has 110 valence electrons. The number of methoxy groups -OCH3 is 1. The maximum Gasteiger partial charge on any atom is 0.234 e. The molecule has 0 saturated heterocycles. The molecule has 21 heavy (non-hydrogen) atoms. The number of rotatable bonds is 6. The van der Waals surface area contributed by atoms with Crippen LogP contribution < -0.4 is 9.46 Å². The van der Waals surface area contributed by atoms with E-state index in [9.17, 15) is 8.42 Å². The molecular weight excluding hydrogens is 286 g/mol. The predicted octanol–water partition coefficient (Wildman–Crippen LogP) is 2.79. The summed E-state index contributed by atoms with van der Waals surface area (Å²) in [6.45, 7) is 0.242. The molecule has 0 fully saturated rings. The van der Waals surface area contributed by atoms with E-state index in [0.29, 0.717) is 0 Å². The molecule has 0 bridgehead atoms. The third kappa shape index (κ3) is 5.06. The summed E-state index contributed by atoms with van der Waals surface area (Å²) in [5.74, 6) is 0.741. The van der Waals surface area contributed by atoms with Crippen molar-refractivity contribution < 1.29 is 13.2 Å². The lowest BCUT2D eigenvalue weighted by Crippen LogP contribution is -2.20. The Bertz CT molecular complexity index is 692. The molecule has 0 amide bonds. The molecule has 0 heterocycles. The molecule has 0 atom stereocenters. The predicted molar refractivity (Wildman–Crippen MR) is 84.2 cm³/mol. The summed E-state index contributed by atoms with van der Waals surface area (Å²) in [6.07, 6.45) is 1.57. The van der Waals surface area contributed by atoms with Crippen LogP contribution in [0.1, 0.15) is 11.1 Å². The van der Waals surface area contributed by atoms with E-state index in [1.807, 2.05) is 42.5 Å². The van der Waals surface area contributed by atoms with Gasteiger partial charge in [0.05, 0.1) is 7.11 Å². The van der Waals surface area contributed by atoms with Gasteiger partial charge in [-0.05, 0) is 29.3 Å². The summed E-state index contributed by atoms with van der Waals surface area (Å²) in [5, 5.41) is 1.17. The Hall–Kier alpha value is -2.11. The average Bonchev–Trinajstić information content (AvgIpc) is 2.53. The molecule has 1 N–H and O–H groups in total. The summed E-state index contributed by atoms with van der Waals surface area (Å²) in [7, 11) is -1.87. The molecule has 2 rings (SSSR count). The Morgan fingerprint density at radius 3 is 2.33 bits per heavy atom. The highest BCUT2D eigenvalue weighted by molar-refractivity contribution is 7.92. The fourth-order valence-corrected chi connectivity index (χ4v) is 2.51. The van der Waals surface area contributed by atoms with Gasteiger partial charge >= 0.3 is 0 Å². The minimum atomic E-state index is -3.46. The zero-order chi connectivity index (χ0) is 15.1. The van der Waals surface area contributed by atoms with Crippen LogP contribution in [0, 0.1) is 0 Å². The quantitative estimate of drug-likeness (QED) is 0.893. The van der Waals surface area contributed by atoms with Crippen LogP contribution in [0.2, 0.25) is 0 Å². The molecule has 0 aliphatic carbocycles. The first-order valence-electron chi connectivity index (χ1n) is 6.45. The highest BCUT2D eigenvalue weighted by atomic mass is 32.2. The molecule has 0 radical (unpaired) electrons. The van der Waals surface area contributed by atoms with Gasteiger partial charge in [-0.25, -0.2) is 13.1 Å². The van der Waals surface area contributed by atoms with Crippen LogP contribution in [-0.4, -0.2) is 15.5 Å². The maximum absolute atomic E-state index is 11.9. The Balaban J connectivity index is 1.96. The Morgan fingerprint density at radius 1 is 1.05 bits per heavy atom. The van der Waals surface area contributed by atoms with E-state index in [1.165, 1.54) is 5.41 Å². The topological polar surface area (TPSA) is 55.4 Å². The average molecular weight is 303 g/mol. The molecule has 2 aromatic rings. The molecule has 5 heteroatoms. The maximum atomic E-state index is 11.9. The minimum absolute atomic E-state index is 0.242. The van der Waals surface area contributed by atoms with Gasteiger partial charge in [-0.2, -0.15) is 0 Å². The molecule has 0 aliphatic heterocycles. The lowest BCUT2D eigenvalue weighted by Gasteiger charge is -2.04. The highest BCUT2D eigenvalue weighted by Crippen LogP contribution is 2.11. The number of sulfonamides is 1. The van der Waals surface area contributed by atoms with Gasteiger partial charge in [-0.15, -0.1) is 0 Å². The monoisotopic (exact) mass is 303 g/mol. The fraction of sp³-hybridized carbons (Fsp3) is 0.125. The van der Waals surface area contributed by atoms with Crippen LogP contribution in [0.4, 0.5) is 0 Å². The summed E-state index contributed by atoms with van der Waals surface area (Å²) in [6, 6.07) is 16.5. The van der Waals surface area contributed by atoms with Crippen LogP contribution in [0.15, 0.2) is 60.0 Å². The van der Waals surface area contributed by atoms with Gasteiger partial charge in [0.1, 0.15) is 5.75 Å². The largest absolute Gasteiger partial charge is 0.497 e. The Morgan fingerprint density at radius 2 is 1.71 bits per heavy atom. The number of hydrogen-bond donors (Lipinski definition) is 1. The van der Waals surface area contributed by atoms with Crippen molar-refractivity contribution in [3.8, 4) is 5.75 Å². The SMILES string of the molecule is COc1ccc(CNS(=O)(=O)/C=C\c2ccccc2)cc1. The summed E-state index contributed by atoms with van der Waals surface area (Å²) < 4.78 is 31.3. The smallest absolute Gasteiger partial charge is 0.234 e. The zero-order valence-corrected chi connectivity index (χ0v) is 12.5. The van der Waals surface area contributed by atoms with Gasteiger partial charge in [0, 0.05) is 12.0 Å². The minimum Gasteiger partial charge on any atom is -0.497 e. The van der Waals surface area contributed by atoms with Gasteiger partial charge in [-0.1, -0.05) is 42.5 Å². The van der Waals surface area contributed by atoms with Crippen molar-refractivity contribution in [2.24, 2.45) is 0 Å². The molecule has 0 unspecified atom stereocenters. The lowest BCUT2D eigenvalue weighted by atomic mass is 10.2. The number of nitrogens with one attached hydrogen (secondary N) is 1. The molecular formula is C16H17NO3S. The van der Waals surface area contributed by atoms with Crippen LogP contribution >= 0.6 is 0 Å².